The molecule has 18 heavy (non-hydrogen) atoms. The first-order valence-corrected chi connectivity index (χ1v) is 5.68. The van der Waals surface area contributed by atoms with Gasteiger partial charge in [0.1, 0.15) is 0 Å². The Labute approximate surface area is 105 Å². The molecule has 1 atom stereocenters. The number of aliphatic carboxylic acids is 2. The molecular weight excluding hydrogens is 240 g/mol. The third kappa shape index (κ3) is 6.67. The summed E-state index contributed by atoms with van der Waals surface area (Å²) in [6.07, 6.45) is 0.394. The predicted octanol–water partition coefficient (Wildman–Crippen LogP) is 1.45. The van der Waals surface area contributed by atoms with Crippen molar-refractivity contribution >= 4 is 17.9 Å². The largest absolute Gasteiger partial charge is 0.481 e. The van der Waals surface area contributed by atoms with Crippen molar-refractivity contribution in [2.75, 3.05) is 6.61 Å². The van der Waals surface area contributed by atoms with Crippen molar-refractivity contribution in [2.24, 2.45) is 5.92 Å². The zero-order valence-corrected chi connectivity index (χ0v) is 10.3. The molecule has 102 valence electrons. The predicted molar refractivity (Wildman–Crippen MR) is 63.0 cm³/mol. The van der Waals surface area contributed by atoms with Gasteiger partial charge < -0.3 is 14.9 Å². The zero-order chi connectivity index (χ0) is 14.1. The van der Waals surface area contributed by atoms with Gasteiger partial charge >= 0.3 is 17.9 Å². The van der Waals surface area contributed by atoms with Gasteiger partial charge in [-0.3, -0.25) is 9.59 Å². The van der Waals surface area contributed by atoms with Crippen LogP contribution < -0.4 is 0 Å². The molecule has 6 nitrogen and oxygen atoms in total. The smallest absolute Gasteiger partial charge is 0.330 e. The first-order valence-electron chi connectivity index (χ1n) is 5.68. The van der Waals surface area contributed by atoms with E-state index in [-0.39, 0.29) is 31.4 Å². The van der Waals surface area contributed by atoms with E-state index in [0.29, 0.717) is 6.42 Å². The molecule has 0 aliphatic carbocycles. The number of esters is 1. The van der Waals surface area contributed by atoms with Gasteiger partial charge in [0.25, 0.3) is 0 Å². The molecule has 0 aromatic rings. The van der Waals surface area contributed by atoms with Gasteiger partial charge in [0, 0.05) is 12.0 Å². The van der Waals surface area contributed by atoms with Crippen LogP contribution in [0.1, 0.15) is 32.6 Å². The highest BCUT2D eigenvalue weighted by molar-refractivity contribution is 5.87. The molecule has 0 aliphatic rings. The van der Waals surface area contributed by atoms with E-state index < -0.39 is 23.8 Å². The number of carbonyl (C=O) groups is 3. The van der Waals surface area contributed by atoms with E-state index >= 15 is 0 Å². The maximum Gasteiger partial charge on any atom is 0.330 e. The number of carbonyl (C=O) groups excluding carboxylic acids is 1. The van der Waals surface area contributed by atoms with E-state index in [0.717, 1.165) is 0 Å². The van der Waals surface area contributed by atoms with Crippen LogP contribution in [0.3, 0.4) is 0 Å². The molecule has 1 unspecified atom stereocenters. The van der Waals surface area contributed by atoms with Crippen LogP contribution in [0.25, 0.3) is 0 Å². The first-order chi connectivity index (χ1) is 8.38. The minimum atomic E-state index is -1.20. The van der Waals surface area contributed by atoms with Crippen molar-refractivity contribution in [3.8, 4) is 0 Å². The maximum atomic E-state index is 11.6. The second-order valence-electron chi connectivity index (χ2n) is 3.91. The molecule has 0 heterocycles. The highest BCUT2D eigenvalue weighted by Crippen LogP contribution is 2.18. The van der Waals surface area contributed by atoms with E-state index in [9.17, 15) is 14.4 Å². The van der Waals surface area contributed by atoms with Crippen LogP contribution in [-0.2, 0) is 19.1 Å². The molecule has 0 radical (unpaired) electrons. The van der Waals surface area contributed by atoms with Crippen LogP contribution in [0.2, 0.25) is 0 Å². The van der Waals surface area contributed by atoms with Crippen LogP contribution in [0.15, 0.2) is 12.2 Å². The normalized spacial score (nSPS) is 11.6. The van der Waals surface area contributed by atoms with Crippen LogP contribution in [0.5, 0.6) is 0 Å². The van der Waals surface area contributed by atoms with Crippen LogP contribution >= 0.6 is 0 Å². The molecule has 0 saturated heterocycles. The minimum Gasteiger partial charge on any atom is -0.481 e. The number of carboxylic acids is 2. The quantitative estimate of drug-likeness (QED) is 0.479. The summed E-state index contributed by atoms with van der Waals surface area (Å²) in [6, 6.07) is 0. The van der Waals surface area contributed by atoms with E-state index in [4.69, 9.17) is 14.9 Å². The van der Waals surface area contributed by atoms with Gasteiger partial charge in [-0.2, -0.15) is 0 Å². The molecule has 0 aliphatic heterocycles. The number of carboxylic acid groups (broad SMARTS) is 2. The second kappa shape index (κ2) is 8.27. The van der Waals surface area contributed by atoms with Gasteiger partial charge in [-0.15, -0.1) is 0 Å². The number of rotatable bonds is 9. The van der Waals surface area contributed by atoms with E-state index in [1.54, 1.807) is 0 Å². The lowest BCUT2D eigenvalue weighted by atomic mass is 9.95. The Morgan fingerprint density at radius 2 is 1.89 bits per heavy atom. The van der Waals surface area contributed by atoms with Gasteiger partial charge in [-0.1, -0.05) is 13.5 Å². The Bertz CT molecular complexity index is 333. The van der Waals surface area contributed by atoms with Crippen molar-refractivity contribution in [1.29, 1.82) is 0 Å². The van der Waals surface area contributed by atoms with Crippen LogP contribution in [0.4, 0.5) is 0 Å². The molecule has 2 N–H and O–H groups in total. The lowest BCUT2D eigenvalue weighted by Crippen LogP contribution is -2.21. The fraction of sp³-hybridized carbons (Fsp3) is 0.583. The van der Waals surface area contributed by atoms with E-state index in [1.165, 1.54) is 0 Å². The molecule has 0 aromatic carbocycles. The fourth-order valence-corrected chi connectivity index (χ4v) is 1.31. The lowest BCUT2D eigenvalue weighted by molar-refractivity contribution is -0.149. The molecule has 0 rings (SSSR count). The molecule has 0 fully saturated rings. The van der Waals surface area contributed by atoms with E-state index in [2.05, 4.69) is 6.58 Å². The molecule has 6 heteroatoms. The summed E-state index contributed by atoms with van der Waals surface area (Å²) in [6.45, 7) is 5.40. The Morgan fingerprint density at radius 1 is 1.28 bits per heavy atom. The van der Waals surface area contributed by atoms with Crippen LogP contribution in [-0.4, -0.2) is 34.7 Å². The molecular formula is C12H18O6. The van der Waals surface area contributed by atoms with Crippen molar-refractivity contribution < 1.29 is 29.3 Å². The number of hydrogen-bond acceptors (Lipinski definition) is 4. The Morgan fingerprint density at radius 3 is 2.33 bits per heavy atom. The average molecular weight is 258 g/mol. The van der Waals surface area contributed by atoms with Crippen LogP contribution in [0, 0.1) is 5.92 Å². The third-order valence-corrected chi connectivity index (χ3v) is 2.28. The number of ether oxygens (including phenoxy) is 1. The van der Waals surface area contributed by atoms with Crippen molar-refractivity contribution in [3.05, 3.63) is 12.2 Å². The molecule has 0 saturated carbocycles. The first kappa shape index (κ1) is 16.1. The van der Waals surface area contributed by atoms with Gasteiger partial charge in [-0.05, 0) is 19.3 Å². The van der Waals surface area contributed by atoms with Gasteiger partial charge in [0.15, 0.2) is 0 Å². The average Bonchev–Trinajstić information content (AvgIpc) is 2.30. The SMILES string of the molecule is C=C(CC(CCC(=O)O)C(=O)OCCC)C(=O)O. The van der Waals surface area contributed by atoms with Gasteiger partial charge in [0.2, 0.25) is 0 Å². The third-order valence-electron chi connectivity index (χ3n) is 2.28. The highest BCUT2D eigenvalue weighted by Gasteiger charge is 2.23. The summed E-state index contributed by atoms with van der Waals surface area (Å²) in [5.74, 6) is -3.57. The number of hydrogen-bond donors (Lipinski definition) is 2. The Kier molecular flexibility index (Phi) is 7.42. The summed E-state index contributed by atoms with van der Waals surface area (Å²) in [5.41, 5.74) is -0.126. The Hall–Kier alpha value is -1.85. The summed E-state index contributed by atoms with van der Waals surface area (Å²) in [7, 11) is 0. The van der Waals surface area contributed by atoms with Crippen molar-refractivity contribution in [2.45, 2.75) is 32.6 Å². The molecule has 0 bridgehead atoms. The molecule has 0 spiro atoms. The minimum absolute atomic E-state index is 0.0458. The van der Waals surface area contributed by atoms with Crippen molar-refractivity contribution in [3.63, 3.8) is 0 Å². The standard InChI is InChI=1S/C12H18O6/c1-3-6-18-12(17)9(4-5-10(13)14)7-8(2)11(15)16/h9H,2-7H2,1H3,(H,13,14)(H,15,16). The van der Waals surface area contributed by atoms with Crippen molar-refractivity contribution in [1.82, 2.24) is 0 Å². The van der Waals surface area contributed by atoms with Gasteiger partial charge in [-0.25, -0.2) is 4.79 Å². The second-order valence-corrected chi connectivity index (χ2v) is 3.91. The topological polar surface area (TPSA) is 101 Å². The highest BCUT2D eigenvalue weighted by atomic mass is 16.5. The molecule has 0 aromatic heterocycles. The fourth-order valence-electron chi connectivity index (χ4n) is 1.31. The zero-order valence-electron chi connectivity index (χ0n) is 10.3. The lowest BCUT2D eigenvalue weighted by Gasteiger charge is -2.14. The Balaban J connectivity index is 4.50. The van der Waals surface area contributed by atoms with Gasteiger partial charge in [0.05, 0.1) is 12.5 Å². The maximum absolute atomic E-state index is 11.6. The monoisotopic (exact) mass is 258 g/mol. The summed E-state index contributed by atoms with van der Waals surface area (Å²) in [5, 5.41) is 17.3. The van der Waals surface area contributed by atoms with E-state index in [1.807, 2.05) is 6.92 Å². The summed E-state index contributed by atoms with van der Waals surface area (Å²) >= 11 is 0. The molecule has 0 amide bonds. The summed E-state index contributed by atoms with van der Waals surface area (Å²) < 4.78 is 4.90. The summed E-state index contributed by atoms with van der Waals surface area (Å²) in [4.78, 5) is 32.7.